The van der Waals surface area contributed by atoms with E-state index in [0.29, 0.717) is 13.1 Å². The van der Waals surface area contributed by atoms with Gasteiger partial charge >= 0.3 is 0 Å². The minimum absolute atomic E-state index is 0.00335. The van der Waals surface area contributed by atoms with Gasteiger partial charge in [-0.2, -0.15) is 4.31 Å². The maximum Gasteiger partial charge on any atom is 0.245 e. The zero-order chi connectivity index (χ0) is 24.4. The van der Waals surface area contributed by atoms with Gasteiger partial charge in [-0.05, 0) is 49.2 Å². The molecule has 0 radical (unpaired) electrons. The van der Waals surface area contributed by atoms with E-state index in [4.69, 9.17) is 16.3 Å². The first kappa shape index (κ1) is 25.2. The summed E-state index contributed by atoms with van der Waals surface area (Å²) >= 11 is 5.75. The van der Waals surface area contributed by atoms with E-state index in [1.807, 2.05) is 0 Å². The van der Waals surface area contributed by atoms with Gasteiger partial charge in [-0.1, -0.05) is 11.6 Å². The van der Waals surface area contributed by atoms with Crippen LogP contribution in [-0.4, -0.2) is 60.0 Å². The number of nitrogens with one attached hydrogen (secondary N) is 1. The highest BCUT2D eigenvalue weighted by molar-refractivity contribution is 7.92. The number of rotatable bonds is 8. The van der Waals surface area contributed by atoms with Crippen molar-refractivity contribution in [2.75, 3.05) is 42.6 Å². The van der Waals surface area contributed by atoms with Gasteiger partial charge in [-0.15, -0.1) is 0 Å². The number of sulfonamides is 2. The van der Waals surface area contributed by atoms with Crippen molar-refractivity contribution in [1.82, 2.24) is 4.31 Å². The molecule has 1 fully saturated rings. The maximum atomic E-state index is 13.5. The minimum Gasteiger partial charge on any atom is -0.495 e. The average Bonchev–Trinajstić information content (AvgIpc) is 3.29. The molecule has 0 aromatic heterocycles. The van der Waals surface area contributed by atoms with Gasteiger partial charge in [0.05, 0.1) is 34.7 Å². The van der Waals surface area contributed by atoms with Crippen LogP contribution in [-0.2, 0) is 24.8 Å². The summed E-state index contributed by atoms with van der Waals surface area (Å²) in [6.07, 6.45) is 2.43. The van der Waals surface area contributed by atoms with Crippen molar-refractivity contribution < 1.29 is 30.8 Å². The number of carbonyl (C=O) groups is 1. The van der Waals surface area contributed by atoms with Crippen LogP contribution in [0.15, 0.2) is 41.3 Å². The third kappa shape index (κ3) is 5.75. The fraction of sp³-hybridized carbons (Fsp3) is 0.350. The molecule has 13 heteroatoms. The third-order valence-electron chi connectivity index (χ3n) is 5.03. The molecule has 33 heavy (non-hydrogen) atoms. The minimum atomic E-state index is -3.94. The highest BCUT2D eigenvalue weighted by Gasteiger charge is 2.28. The van der Waals surface area contributed by atoms with Crippen molar-refractivity contribution in [3.05, 3.63) is 47.2 Å². The van der Waals surface area contributed by atoms with Crippen molar-refractivity contribution in [3.63, 3.8) is 0 Å². The fourth-order valence-corrected chi connectivity index (χ4v) is 5.95. The summed E-state index contributed by atoms with van der Waals surface area (Å²) in [5.41, 5.74) is 0.0599. The summed E-state index contributed by atoms with van der Waals surface area (Å²) in [7, 11) is -6.34. The Kier molecular flexibility index (Phi) is 7.52. The van der Waals surface area contributed by atoms with Crippen LogP contribution in [0.1, 0.15) is 12.8 Å². The van der Waals surface area contributed by atoms with Crippen LogP contribution in [0.5, 0.6) is 5.75 Å². The van der Waals surface area contributed by atoms with Crippen LogP contribution in [0.2, 0.25) is 5.02 Å². The first-order valence-corrected chi connectivity index (χ1v) is 13.5. The van der Waals surface area contributed by atoms with Crippen molar-refractivity contribution in [2.45, 2.75) is 17.7 Å². The normalized spacial score (nSPS) is 14.8. The lowest BCUT2D eigenvalue weighted by Gasteiger charge is -2.22. The monoisotopic (exact) mass is 519 g/mol. The quantitative estimate of drug-likeness (QED) is 0.573. The molecular weight excluding hydrogens is 497 g/mol. The van der Waals surface area contributed by atoms with E-state index in [-0.39, 0.29) is 27.0 Å². The van der Waals surface area contributed by atoms with Gasteiger partial charge in [0.2, 0.25) is 26.0 Å². The van der Waals surface area contributed by atoms with Crippen LogP contribution in [0.3, 0.4) is 0 Å². The second-order valence-corrected chi connectivity index (χ2v) is 11.6. The first-order valence-electron chi connectivity index (χ1n) is 9.84. The standard InChI is InChI=1S/C20H23ClFN3O6S2/c1-31-19-8-6-15(33(29,30)24-9-3-4-10-24)12-18(19)23-20(26)13-25(32(2,27)28)14-5-7-17(22)16(21)11-14/h5-8,11-12H,3-4,9-10,13H2,1-2H3,(H,23,26). The van der Waals surface area contributed by atoms with Crippen LogP contribution < -0.4 is 14.4 Å². The summed E-state index contributed by atoms with van der Waals surface area (Å²) in [5.74, 6) is -1.31. The van der Waals surface area contributed by atoms with Crippen molar-refractivity contribution in [2.24, 2.45) is 0 Å². The van der Waals surface area contributed by atoms with E-state index in [0.717, 1.165) is 35.5 Å². The largest absolute Gasteiger partial charge is 0.495 e. The molecule has 2 aromatic carbocycles. The molecule has 1 saturated heterocycles. The Bertz CT molecular complexity index is 1260. The molecule has 0 bridgehead atoms. The molecule has 1 N–H and O–H groups in total. The number of amides is 1. The van der Waals surface area contributed by atoms with Crippen LogP contribution in [0.4, 0.5) is 15.8 Å². The topological polar surface area (TPSA) is 113 Å². The predicted molar refractivity (Wildman–Crippen MR) is 123 cm³/mol. The van der Waals surface area contributed by atoms with Gasteiger partial charge in [0.1, 0.15) is 18.1 Å². The van der Waals surface area contributed by atoms with E-state index in [2.05, 4.69) is 5.32 Å². The molecule has 1 amide bonds. The fourth-order valence-electron chi connectivity index (χ4n) is 3.38. The Morgan fingerprint density at radius 1 is 1.15 bits per heavy atom. The smallest absolute Gasteiger partial charge is 0.245 e. The number of hydrogen-bond donors (Lipinski definition) is 1. The van der Waals surface area contributed by atoms with Crippen molar-refractivity contribution >= 4 is 48.9 Å². The molecule has 1 heterocycles. The molecule has 0 atom stereocenters. The Morgan fingerprint density at radius 3 is 2.39 bits per heavy atom. The lowest BCUT2D eigenvalue weighted by Crippen LogP contribution is -2.37. The lowest BCUT2D eigenvalue weighted by atomic mass is 10.3. The summed E-state index contributed by atoms with van der Waals surface area (Å²) < 4.78 is 71.1. The number of carbonyl (C=O) groups excluding carboxylic acids is 1. The summed E-state index contributed by atoms with van der Waals surface area (Å²) in [4.78, 5) is 12.7. The summed E-state index contributed by atoms with van der Waals surface area (Å²) in [6.45, 7) is 0.173. The Hall–Kier alpha value is -2.41. The number of hydrogen-bond acceptors (Lipinski definition) is 6. The molecular formula is C20H23ClFN3O6S2. The number of halogens is 2. The van der Waals surface area contributed by atoms with Gasteiger partial charge in [0, 0.05) is 13.1 Å². The number of nitrogens with zero attached hydrogens (tertiary/aromatic N) is 2. The third-order valence-corrected chi connectivity index (χ3v) is 8.35. The first-order chi connectivity index (χ1) is 15.4. The predicted octanol–water partition coefficient (Wildman–Crippen LogP) is 2.68. The van der Waals surface area contributed by atoms with E-state index in [1.54, 1.807) is 0 Å². The number of ether oxygens (including phenoxy) is 1. The second-order valence-electron chi connectivity index (χ2n) is 7.39. The van der Waals surface area contributed by atoms with Crippen LogP contribution >= 0.6 is 11.6 Å². The summed E-state index contributed by atoms with van der Waals surface area (Å²) in [6, 6.07) is 7.32. The molecule has 0 spiro atoms. The zero-order valence-electron chi connectivity index (χ0n) is 17.9. The highest BCUT2D eigenvalue weighted by atomic mass is 35.5. The van der Waals surface area contributed by atoms with E-state index < -0.39 is 38.3 Å². The van der Waals surface area contributed by atoms with Gasteiger partial charge in [-0.25, -0.2) is 21.2 Å². The Balaban J connectivity index is 1.88. The molecule has 9 nitrogen and oxygen atoms in total. The van der Waals surface area contributed by atoms with Crippen molar-refractivity contribution in [1.29, 1.82) is 0 Å². The number of benzene rings is 2. The molecule has 0 aliphatic carbocycles. The molecule has 3 rings (SSSR count). The molecule has 1 aliphatic rings. The van der Waals surface area contributed by atoms with Crippen molar-refractivity contribution in [3.8, 4) is 5.75 Å². The van der Waals surface area contributed by atoms with E-state index in [1.165, 1.54) is 35.7 Å². The van der Waals surface area contributed by atoms with E-state index >= 15 is 0 Å². The van der Waals surface area contributed by atoms with Gasteiger partial charge in [0.25, 0.3) is 0 Å². The maximum absolute atomic E-state index is 13.5. The van der Waals surface area contributed by atoms with E-state index in [9.17, 15) is 26.0 Å². The Morgan fingerprint density at radius 2 is 1.82 bits per heavy atom. The number of anilines is 2. The number of methoxy groups -OCH3 is 1. The average molecular weight is 520 g/mol. The second kappa shape index (κ2) is 9.84. The SMILES string of the molecule is COc1ccc(S(=O)(=O)N2CCCC2)cc1NC(=O)CN(c1ccc(F)c(Cl)c1)S(C)(=O)=O. The lowest BCUT2D eigenvalue weighted by molar-refractivity contribution is -0.114. The van der Waals surface area contributed by atoms with Gasteiger partial charge < -0.3 is 10.1 Å². The molecule has 180 valence electrons. The van der Waals surface area contributed by atoms with Gasteiger partial charge in [0.15, 0.2) is 0 Å². The van der Waals surface area contributed by atoms with Crippen LogP contribution in [0.25, 0.3) is 0 Å². The molecule has 0 unspecified atom stereocenters. The van der Waals surface area contributed by atoms with Crippen LogP contribution in [0, 0.1) is 5.82 Å². The highest BCUT2D eigenvalue weighted by Crippen LogP contribution is 2.30. The van der Waals surface area contributed by atoms with Gasteiger partial charge in [-0.3, -0.25) is 9.10 Å². The molecule has 0 saturated carbocycles. The molecule has 1 aliphatic heterocycles. The molecule has 2 aromatic rings. The summed E-state index contributed by atoms with van der Waals surface area (Å²) in [5, 5.41) is 2.20. The zero-order valence-corrected chi connectivity index (χ0v) is 20.3. The Labute approximate surface area is 197 Å².